The van der Waals surface area contributed by atoms with Crippen LogP contribution in [0.2, 0.25) is 0 Å². The lowest BCUT2D eigenvalue weighted by Crippen LogP contribution is -2.29. The van der Waals surface area contributed by atoms with Crippen LogP contribution in [-0.2, 0) is 4.79 Å². The van der Waals surface area contributed by atoms with Crippen molar-refractivity contribution < 1.29 is 14.3 Å². The van der Waals surface area contributed by atoms with Crippen LogP contribution in [0.1, 0.15) is 19.8 Å². The second-order valence-electron chi connectivity index (χ2n) is 4.46. The molecule has 0 atom stereocenters. The lowest BCUT2D eigenvalue weighted by molar-refractivity contribution is -0.130. The largest absolute Gasteiger partial charge is 0.494 e. The zero-order valence-electron chi connectivity index (χ0n) is 12.3. The second-order valence-corrected chi connectivity index (χ2v) is 4.46. The lowest BCUT2D eigenvalue weighted by atomic mass is 10.3. The number of carbonyl (C=O) groups is 1. The number of benzene rings is 1. The van der Waals surface area contributed by atoms with E-state index in [4.69, 9.17) is 15.2 Å². The van der Waals surface area contributed by atoms with Crippen molar-refractivity contribution in [3.05, 3.63) is 24.3 Å². The normalized spacial score (nSPS) is 10.2. The molecule has 0 bridgehead atoms. The molecule has 0 heterocycles. The van der Waals surface area contributed by atoms with Crippen LogP contribution in [0.15, 0.2) is 24.3 Å². The van der Waals surface area contributed by atoms with Crippen molar-refractivity contribution >= 4 is 5.91 Å². The van der Waals surface area contributed by atoms with E-state index in [0.717, 1.165) is 17.9 Å². The van der Waals surface area contributed by atoms with Crippen LogP contribution in [0.3, 0.4) is 0 Å². The van der Waals surface area contributed by atoms with Crippen LogP contribution < -0.4 is 15.2 Å². The molecule has 0 saturated carbocycles. The molecule has 0 saturated heterocycles. The Morgan fingerprint density at radius 2 is 1.80 bits per heavy atom. The maximum Gasteiger partial charge on any atom is 0.225 e. The molecule has 0 radical (unpaired) electrons. The summed E-state index contributed by atoms with van der Waals surface area (Å²) in [4.78, 5) is 13.5. The van der Waals surface area contributed by atoms with Crippen molar-refractivity contribution in [2.75, 3.05) is 33.4 Å². The van der Waals surface area contributed by atoms with Crippen molar-refractivity contribution in [3.63, 3.8) is 0 Å². The molecular weight excluding hydrogens is 256 g/mol. The maximum atomic E-state index is 11.8. The van der Waals surface area contributed by atoms with Crippen molar-refractivity contribution in [3.8, 4) is 11.5 Å². The van der Waals surface area contributed by atoms with Crippen LogP contribution in [-0.4, -0.2) is 44.2 Å². The number of rotatable bonds is 9. The highest BCUT2D eigenvalue weighted by Crippen LogP contribution is 2.17. The van der Waals surface area contributed by atoms with Gasteiger partial charge in [-0.3, -0.25) is 4.79 Å². The van der Waals surface area contributed by atoms with E-state index in [1.165, 1.54) is 0 Å². The van der Waals surface area contributed by atoms with E-state index in [-0.39, 0.29) is 5.91 Å². The molecule has 0 aliphatic rings. The summed E-state index contributed by atoms with van der Waals surface area (Å²) < 4.78 is 10.9. The Kier molecular flexibility index (Phi) is 7.50. The minimum Gasteiger partial charge on any atom is -0.494 e. The minimum atomic E-state index is 0.0735. The first-order chi connectivity index (χ1) is 9.67. The molecule has 0 spiro atoms. The van der Waals surface area contributed by atoms with Gasteiger partial charge in [0.2, 0.25) is 5.91 Å². The van der Waals surface area contributed by atoms with Gasteiger partial charge in [-0.15, -0.1) is 0 Å². The summed E-state index contributed by atoms with van der Waals surface area (Å²) in [5.74, 6) is 1.63. The summed E-state index contributed by atoms with van der Waals surface area (Å²) in [6.45, 7) is 4.25. The number of hydrogen-bond donors (Lipinski definition) is 1. The quantitative estimate of drug-likeness (QED) is 0.747. The van der Waals surface area contributed by atoms with Crippen LogP contribution in [0.5, 0.6) is 11.5 Å². The highest BCUT2D eigenvalue weighted by Gasteiger charge is 2.08. The van der Waals surface area contributed by atoms with Gasteiger partial charge in [0.25, 0.3) is 0 Å². The molecule has 1 aromatic carbocycles. The number of carbonyl (C=O) groups excluding carboxylic acids is 1. The average molecular weight is 280 g/mol. The third-order valence-corrected chi connectivity index (χ3v) is 2.84. The molecule has 0 aromatic heterocycles. The lowest BCUT2D eigenvalue weighted by Gasteiger charge is -2.16. The molecule has 1 aromatic rings. The van der Waals surface area contributed by atoms with Crippen LogP contribution in [0.25, 0.3) is 0 Å². The van der Waals surface area contributed by atoms with E-state index in [1.807, 2.05) is 31.2 Å². The third-order valence-electron chi connectivity index (χ3n) is 2.84. The van der Waals surface area contributed by atoms with Crippen molar-refractivity contribution in [1.29, 1.82) is 0 Å². The van der Waals surface area contributed by atoms with Gasteiger partial charge in [0.15, 0.2) is 0 Å². The van der Waals surface area contributed by atoms with Gasteiger partial charge in [-0.2, -0.15) is 0 Å². The molecule has 5 nitrogen and oxygen atoms in total. The van der Waals surface area contributed by atoms with Crippen molar-refractivity contribution in [2.45, 2.75) is 19.8 Å². The molecule has 2 N–H and O–H groups in total. The van der Waals surface area contributed by atoms with Gasteiger partial charge < -0.3 is 20.1 Å². The summed E-state index contributed by atoms with van der Waals surface area (Å²) in [7, 11) is 1.79. The molecule has 112 valence electrons. The van der Waals surface area contributed by atoms with Gasteiger partial charge in [0.05, 0.1) is 19.6 Å². The molecule has 0 aliphatic heterocycles. The Hall–Kier alpha value is -1.75. The Labute approximate surface area is 120 Å². The van der Waals surface area contributed by atoms with Crippen LogP contribution >= 0.6 is 0 Å². The molecule has 0 fully saturated rings. The second kappa shape index (κ2) is 9.20. The molecular formula is C15H24N2O3. The number of amides is 1. The number of ether oxygens (including phenoxy) is 2. The molecule has 5 heteroatoms. The van der Waals surface area contributed by atoms with E-state index >= 15 is 0 Å². The molecule has 0 unspecified atom stereocenters. The van der Waals surface area contributed by atoms with E-state index in [9.17, 15) is 4.79 Å². The third kappa shape index (κ3) is 5.93. The topological polar surface area (TPSA) is 64.8 Å². The van der Waals surface area contributed by atoms with Gasteiger partial charge in [-0.25, -0.2) is 0 Å². The Morgan fingerprint density at radius 1 is 1.20 bits per heavy atom. The monoisotopic (exact) mass is 280 g/mol. The first kappa shape index (κ1) is 16.3. The Bertz CT molecular complexity index is 393. The minimum absolute atomic E-state index is 0.0735. The first-order valence-electron chi connectivity index (χ1n) is 6.97. The summed E-state index contributed by atoms with van der Waals surface area (Å²) in [5, 5.41) is 0. The van der Waals surface area contributed by atoms with Crippen molar-refractivity contribution in [2.24, 2.45) is 5.73 Å². The van der Waals surface area contributed by atoms with Gasteiger partial charge in [-0.1, -0.05) is 0 Å². The fourth-order valence-electron chi connectivity index (χ4n) is 1.70. The summed E-state index contributed by atoms with van der Waals surface area (Å²) >= 11 is 0. The fourth-order valence-corrected chi connectivity index (χ4v) is 1.70. The predicted molar refractivity (Wildman–Crippen MR) is 79.0 cm³/mol. The van der Waals surface area contributed by atoms with Gasteiger partial charge in [0, 0.05) is 13.6 Å². The van der Waals surface area contributed by atoms with Crippen molar-refractivity contribution in [1.82, 2.24) is 4.90 Å². The molecule has 1 amide bonds. The first-order valence-corrected chi connectivity index (χ1v) is 6.97. The standard InChI is InChI=1S/C15H24N2O3/c1-3-19-13-5-7-14(8-6-13)20-12-9-15(18)17(2)11-4-10-16/h5-8H,3-4,9-12,16H2,1-2H3. The van der Waals surface area contributed by atoms with Gasteiger partial charge >= 0.3 is 0 Å². The number of nitrogens with two attached hydrogens (primary N) is 1. The van der Waals surface area contributed by atoms with Gasteiger partial charge in [-0.05, 0) is 44.2 Å². The van der Waals surface area contributed by atoms with E-state index in [0.29, 0.717) is 32.7 Å². The zero-order chi connectivity index (χ0) is 14.8. The van der Waals surface area contributed by atoms with Crippen LogP contribution in [0.4, 0.5) is 0 Å². The zero-order valence-corrected chi connectivity index (χ0v) is 12.3. The van der Waals surface area contributed by atoms with E-state index in [1.54, 1.807) is 11.9 Å². The molecule has 1 rings (SSSR count). The summed E-state index contributed by atoms with van der Waals surface area (Å²) in [5.41, 5.74) is 5.41. The van der Waals surface area contributed by atoms with E-state index < -0.39 is 0 Å². The number of hydrogen-bond acceptors (Lipinski definition) is 4. The predicted octanol–water partition coefficient (Wildman–Crippen LogP) is 1.66. The van der Waals surface area contributed by atoms with E-state index in [2.05, 4.69) is 0 Å². The van der Waals surface area contributed by atoms with Crippen LogP contribution in [0, 0.1) is 0 Å². The summed E-state index contributed by atoms with van der Waals surface area (Å²) in [6.07, 6.45) is 1.19. The SMILES string of the molecule is CCOc1ccc(OCCC(=O)N(C)CCCN)cc1. The highest BCUT2D eigenvalue weighted by molar-refractivity contribution is 5.75. The molecule has 0 aliphatic carbocycles. The Balaban J connectivity index is 2.27. The Morgan fingerprint density at radius 3 is 2.35 bits per heavy atom. The smallest absolute Gasteiger partial charge is 0.225 e. The maximum absolute atomic E-state index is 11.8. The number of nitrogens with zero attached hydrogens (tertiary/aromatic N) is 1. The highest BCUT2D eigenvalue weighted by atomic mass is 16.5. The van der Waals surface area contributed by atoms with Gasteiger partial charge in [0.1, 0.15) is 11.5 Å². The fraction of sp³-hybridized carbons (Fsp3) is 0.533. The summed E-state index contributed by atoms with van der Waals surface area (Å²) in [6, 6.07) is 7.39. The molecule has 20 heavy (non-hydrogen) atoms. The average Bonchev–Trinajstić information content (AvgIpc) is 2.46.